The summed E-state index contributed by atoms with van der Waals surface area (Å²) >= 11 is 0. The van der Waals surface area contributed by atoms with Gasteiger partial charge in [-0.25, -0.2) is 9.59 Å². The van der Waals surface area contributed by atoms with E-state index in [0.717, 1.165) is 75.8 Å². The molecule has 2 atom stereocenters. The van der Waals surface area contributed by atoms with Crippen molar-refractivity contribution in [3.8, 4) is 0 Å². The number of carbonyl (C=O) groups is 3. The number of carboxylic acid groups (broad SMARTS) is 2. The van der Waals surface area contributed by atoms with Gasteiger partial charge in [-0.2, -0.15) is 0 Å². The number of carbonyl (C=O) groups excluding carboxylic acids is 1. The molecule has 0 saturated carbocycles. The van der Waals surface area contributed by atoms with Crippen LogP contribution in [0, 0.1) is 11.8 Å². The predicted molar refractivity (Wildman–Crippen MR) is 195 cm³/mol. The molecule has 0 bridgehead atoms. The largest absolute Gasteiger partial charge is 0.500 e. The summed E-state index contributed by atoms with van der Waals surface area (Å²) in [5.74, 6) is -0.133. The van der Waals surface area contributed by atoms with Crippen LogP contribution in [0.1, 0.15) is 120 Å². The second-order valence-corrected chi connectivity index (χ2v) is 12.0. The van der Waals surface area contributed by atoms with Crippen LogP contribution in [-0.4, -0.2) is 68.1 Å². The number of carboxylic acids is 2. The summed E-state index contributed by atoms with van der Waals surface area (Å²) in [5, 5.41) is 15.6. The fraction of sp³-hybridized carbons (Fsp3) is 0.667. The molecule has 1 saturated heterocycles. The Morgan fingerprint density at radius 2 is 1.65 bits per heavy atom. The average molecular weight is 679 g/mol. The Bertz CT molecular complexity index is 1010. The molecule has 0 aromatic rings. The zero-order valence-corrected chi connectivity index (χ0v) is 31.6. The van der Waals surface area contributed by atoms with Gasteiger partial charge in [-0.3, -0.25) is 4.79 Å². The van der Waals surface area contributed by atoms with Crippen LogP contribution in [0.3, 0.4) is 0 Å². The Hall–Kier alpha value is -3.17. The fourth-order valence-corrected chi connectivity index (χ4v) is 5.14. The minimum atomic E-state index is -1.26. The third kappa shape index (κ3) is 24.9. The van der Waals surface area contributed by atoms with Gasteiger partial charge in [-0.1, -0.05) is 98.8 Å². The molecular formula is C39H68NO8+. The highest BCUT2D eigenvalue weighted by atomic mass is 16.5. The van der Waals surface area contributed by atoms with Gasteiger partial charge >= 0.3 is 17.9 Å². The van der Waals surface area contributed by atoms with Crippen LogP contribution in [0.4, 0.5) is 0 Å². The molecule has 1 aliphatic heterocycles. The van der Waals surface area contributed by atoms with Gasteiger partial charge < -0.3 is 29.3 Å². The number of methoxy groups -OCH3 is 1. The molecule has 2 rings (SSSR count). The predicted octanol–water partition coefficient (Wildman–Crippen LogP) is 7.70. The number of quaternary nitrogens is 1. The van der Waals surface area contributed by atoms with Crippen LogP contribution in [-0.2, 0) is 28.6 Å². The van der Waals surface area contributed by atoms with Crippen molar-refractivity contribution in [2.75, 3.05) is 40.0 Å². The van der Waals surface area contributed by atoms with Crippen LogP contribution in [0.25, 0.3) is 0 Å². The SMILES string of the molecule is C/C=C/C(C)C1=C(OC)CC=C(CCCCCC)C=C1OC(=O)CC[NH+]1CCCOCC1.CC.CCCC(C)C.O=C(O)/C=C\C(=O)O. The molecule has 1 heterocycles. The fourth-order valence-electron chi connectivity index (χ4n) is 5.14. The van der Waals surface area contributed by atoms with Crippen molar-refractivity contribution >= 4 is 17.9 Å². The van der Waals surface area contributed by atoms with E-state index in [0.29, 0.717) is 24.3 Å². The van der Waals surface area contributed by atoms with Crippen LogP contribution in [0.2, 0.25) is 0 Å². The van der Waals surface area contributed by atoms with E-state index in [4.69, 9.17) is 24.4 Å². The van der Waals surface area contributed by atoms with Crippen LogP contribution in [0.5, 0.6) is 0 Å². The second-order valence-electron chi connectivity index (χ2n) is 12.0. The number of ether oxygens (including phenoxy) is 3. The monoisotopic (exact) mass is 678 g/mol. The first-order valence-electron chi connectivity index (χ1n) is 18.1. The Kier molecular flexibility index (Phi) is 30.4. The standard InChI is InChI=1S/C27H43NO4.C6H14.C4H4O4.C2H6/c1-5-7-8-9-12-23-13-14-24(30-4)27(22(3)11-6-2)25(21-23)32-26(29)15-17-28-16-10-19-31-20-18-28;1-4-5-6(2)3;5-3(6)1-2-4(7)8;1-2/h6,11,13,21-22H,5,7-10,12,14-20H2,1-4H3;6H,4-5H2,1-3H3;1-2H,(H,5,6)(H,7,8);1-2H3/p+1/b11-6+;;2-1-;. The van der Waals surface area contributed by atoms with Crippen molar-refractivity contribution in [1.82, 2.24) is 0 Å². The maximum absolute atomic E-state index is 12.9. The number of hydrogen-bond acceptors (Lipinski definition) is 6. The summed E-state index contributed by atoms with van der Waals surface area (Å²) in [5.41, 5.74) is 2.21. The van der Waals surface area contributed by atoms with E-state index in [1.165, 1.54) is 42.6 Å². The topological polar surface area (TPSA) is 124 Å². The second kappa shape index (κ2) is 31.1. The quantitative estimate of drug-likeness (QED) is 0.0657. The normalized spacial score (nSPS) is 16.9. The first-order chi connectivity index (χ1) is 23.0. The highest BCUT2D eigenvalue weighted by molar-refractivity contribution is 5.89. The van der Waals surface area contributed by atoms with Crippen LogP contribution >= 0.6 is 0 Å². The molecular weight excluding hydrogens is 610 g/mol. The van der Waals surface area contributed by atoms with Gasteiger partial charge in [0.15, 0.2) is 0 Å². The van der Waals surface area contributed by atoms with E-state index in [1.807, 2.05) is 26.8 Å². The summed E-state index contributed by atoms with van der Waals surface area (Å²) in [4.78, 5) is 33.4. The van der Waals surface area contributed by atoms with Crippen LogP contribution < -0.4 is 4.90 Å². The van der Waals surface area contributed by atoms with Crippen molar-refractivity contribution in [3.05, 3.63) is 59.1 Å². The zero-order chi connectivity index (χ0) is 36.7. The molecule has 0 aromatic carbocycles. The number of nitrogens with one attached hydrogen (secondary N) is 1. The molecule has 0 amide bonds. The number of rotatable bonds is 16. The van der Waals surface area contributed by atoms with Gasteiger partial charge in [0.2, 0.25) is 0 Å². The van der Waals surface area contributed by atoms with E-state index in [-0.39, 0.29) is 11.9 Å². The van der Waals surface area contributed by atoms with Crippen molar-refractivity contribution in [3.63, 3.8) is 0 Å². The molecule has 0 radical (unpaired) electrons. The lowest BCUT2D eigenvalue weighted by Gasteiger charge is -2.20. The van der Waals surface area contributed by atoms with E-state index < -0.39 is 11.9 Å². The maximum atomic E-state index is 12.9. The van der Waals surface area contributed by atoms with Crippen molar-refractivity contribution in [2.45, 2.75) is 120 Å². The highest BCUT2D eigenvalue weighted by Crippen LogP contribution is 2.33. The molecule has 2 aliphatic rings. The van der Waals surface area contributed by atoms with E-state index in [2.05, 4.69) is 52.8 Å². The third-order valence-corrected chi connectivity index (χ3v) is 7.49. The van der Waals surface area contributed by atoms with Gasteiger partial charge in [-0.05, 0) is 37.3 Å². The highest BCUT2D eigenvalue weighted by Gasteiger charge is 2.24. The number of aliphatic carboxylic acids is 2. The molecule has 48 heavy (non-hydrogen) atoms. The van der Waals surface area contributed by atoms with Crippen LogP contribution in [0.15, 0.2) is 59.1 Å². The molecule has 1 aliphatic carbocycles. The molecule has 0 aromatic heterocycles. The van der Waals surface area contributed by atoms with Gasteiger partial charge in [0.05, 0.1) is 39.8 Å². The summed E-state index contributed by atoms with van der Waals surface area (Å²) in [6.07, 6.45) is 20.4. The summed E-state index contributed by atoms with van der Waals surface area (Å²) in [6.45, 7) is 21.5. The zero-order valence-electron chi connectivity index (χ0n) is 31.6. The molecule has 9 heteroatoms. The van der Waals surface area contributed by atoms with E-state index >= 15 is 0 Å². The number of hydrogen-bond donors (Lipinski definition) is 3. The summed E-state index contributed by atoms with van der Waals surface area (Å²) < 4.78 is 17.3. The first-order valence-corrected chi connectivity index (χ1v) is 18.1. The molecule has 276 valence electrons. The van der Waals surface area contributed by atoms with Gasteiger partial charge in [-0.15, -0.1) is 0 Å². The molecule has 0 spiro atoms. The smallest absolute Gasteiger partial charge is 0.328 e. The molecule has 1 fully saturated rings. The Balaban J connectivity index is 0. The number of allylic oxidation sites excluding steroid dienone is 6. The molecule has 9 nitrogen and oxygen atoms in total. The minimum Gasteiger partial charge on any atom is -0.500 e. The van der Waals surface area contributed by atoms with Crippen molar-refractivity contribution in [1.29, 1.82) is 0 Å². The molecule has 3 N–H and O–H groups in total. The Morgan fingerprint density at radius 3 is 2.17 bits per heavy atom. The number of esters is 1. The molecule has 2 unspecified atom stereocenters. The van der Waals surface area contributed by atoms with E-state index in [9.17, 15) is 14.4 Å². The Morgan fingerprint density at radius 1 is 0.979 bits per heavy atom. The minimum absolute atomic E-state index is 0.107. The lowest BCUT2D eigenvalue weighted by Crippen LogP contribution is -3.12. The average Bonchev–Trinajstić information content (AvgIpc) is 3.42. The lowest BCUT2D eigenvalue weighted by molar-refractivity contribution is -0.897. The summed E-state index contributed by atoms with van der Waals surface area (Å²) in [7, 11) is 1.71. The van der Waals surface area contributed by atoms with E-state index in [1.54, 1.807) is 7.11 Å². The Labute approximate surface area is 291 Å². The van der Waals surface area contributed by atoms with Gasteiger partial charge in [0.1, 0.15) is 18.1 Å². The van der Waals surface area contributed by atoms with Gasteiger partial charge in [0, 0.05) is 36.5 Å². The summed E-state index contributed by atoms with van der Waals surface area (Å²) in [6, 6.07) is 0. The maximum Gasteiger partial charge on any atom is 0.328 e. The number of unbranched alkanes of at least 4 members (excludes halogenated alkanes) is 3. The van der Waals surface area contributed by atoms with Crippen molar-refractivity contribution in [2.24, 2.45) is 11.8 Å². The third-order valence-electron chi connectivity index (χ3n) is 7.49. The van der Waals surface area contributed by atoms with Crippen molar-refractivity contribution < 1.29 is 43.7 Å². The van der Waals surface area contributed by atoms with Gasteiger partial charge in [0.25, 0.3) is 0 Å². The lowest BCUT2D eigenvalue weighted by atomic mass is 9.96. The first kappa shape index (κ1) is 46.9.